The smallest absolute Gasteiger partial charge is 0.232 e. The highest BCUT2D eigenvalue weighted by Crippen LogP contribution is 2.34. The van der Waals surface area contributed by atoms with Crippen LogP contribution in [0.3, 0.4) is 0 Å². The van der Waals surface area contributed by atoms with Gasteiger partial charge in [-0.2, -0.15) is 4.98 Å². The van der Waals surface area contributed by atoms with Crippen LogP contribution in [0.25, 0.3) is 0 Å². The van der Waals surface area contributed by atoms with Crippen molar-refractivity contribution in [2.45, 2.75) is 0 Å². The Hall–Kier alpha value is -3.32. The first kappa shape index (κ1) is 28.2. The van der Waals surface area contributed by atoms with Crippen LogP contribution in [0.2, 0.25) is 5.02 Å². The first-order valence-electron chi connectivity index (χ1n) is 13.2. The number of benzene rings is 2. The second kappa shape index (κ2) is 12.0. The second-order valence-electron chi connectivity index (χ2n) is 10.1. The van der Waals surface area contributed by atoms with Gasteiger partial charge in [0.15, 0.2) is 5.82 Å². The molecule has 2 aliphatic heterocycles. The summed E-state index contributed by atoms with van der Waals surface area (Å²) in [6.45, 7) is 7.49. The van der Waals surface area contributed by atoms with Crippen molar-refractivity contribution in [2.75, 3.05) is 86.1 Å². The van der Waals surface area contributed by atoms with Gasteiger partial charge in [0.05, 0.1) is 36.6 Å². The van der Waals surface area contributed by atoms with Gasteiger partial charge in [-0.15, -0.1) is 0 Å². The molecule has 0 bridgehead atoms. The van der Waals surface area contributed by atoms with Crippen LogP contribution in [-0.4, -0.2) is 89.5 Å². The Balaban J connectivity index is 1.29. The molecule has 0 amide bonds. The normalized spacial score (nSPS) is 16.4. The summed E-state index contributed by atoms with van der Waals surface area (Å²) in [6.07, 6.45) is 2.64. The number of piperazine rings is 1. The zero-order valence-corrected chi connectivity index (χ0v) is 24.5. The third-order valence-electron chi connectivity index (χ3n) is 7.29. The highest BCUT2D eigenvalue weighted by Gasteiger charge is 2.24. The summed E-state index contributed by atoms with van der Waals surface area (Å²) in [7, 11) is -0.330. The van der Waals surface area contributed by atoms with Gasteiger partial charge in [0, 0.05) is 64.6 Å². The molecule has 3 heterocycles. The summed E-state index contributed by atoms with van der Waals surface area (Å²) in [4.78, 5) is 13.8. The first-order chi connectivity index (χ1) is 19.2. The van der Waals surface area contributed by atoms with Crippen LogP contribution in [0.5, 0.6) is 5.75 Å². The maximum atomic E-state index is 12.1. The van der Waals surface area contributed by atoms with Crippen molar-refractivity contribution in [1.29, 1.82) is 0 Å². The molecule has 2 aliphatic rings. The number of hydrogen-bond acceptors (Lipinski definition) is 10. The van der Waals surface area contributed by atoms with E-state index in [0.29, 0.717) is 34.6 Å². The Morgan fingerprint density at radius 2 is 1.85 bits per heavy atom. The van der Waals surface area contributed by atoms with Gasteiger partial charge in [-0.25, -0.2) is 13.4 Å². The number of nitrogens with zero attached hydrogens (tertiary/aromatic N) is 5. The lowest BCUT2D eigenvalue weighted by atomic mass is 10.0. The van der Waals surface area contributed by atoms with E-state index in [-0.39, 0.29) is 5.02 Å². The van der Waals surface area contributed by atoms with Gasteiger partial charge in [-0.1, -0.05) is 23.7 Å². The fraction of sp³-hybridized carbons (Fsp3) is 0.407. The van der Waals surface area contributed by atoms with Crippen LogP contribution < -0.4 is 29.9 Å². The first-order valence-corrected chi connectivity index (χ1v) is 15.4. The second-order valence-corrected chi connectivity index (χ2v) is 12.5. The van der Waals surface area contributed by atoms with Crippen molar-refractivity contribution in [2.24, 2.45) is 5.92 Å². The Bertz CT molecular complexity index is 1450. The molecular weight excluding hydrogens is 552 g/mol. The summed E-state index contributed by atoms with van der Waals surface area (Å²) < 4.78 is 31.2. The van der Waals surface area contributed by atoms with Crippen molar-refractivity contribution in [1.82, 2.24) is 20.2 Å². The van der Waals surface area contributed by atoms with E-state index < -0.39 is 10.0 Å². The molecule has 0 saturated carbocycles. The van der Waals surface area contributed by atoms with Crippen LogP contribution in [0.4, 0.5) is 34.5 Å². The maximum Gasteiger partial charge on any atom is 0.232 e. The molecule has 40 heavy (non-hydrogen) atoms. The quantitative estimate of drug-likeness (QED) is 0.327. The Morgan fingerprint density at radius 1 is 1.10 bits per heavy atom. The zero-order valence-electron chi connectivity index (χ0n) is 22.9. The molecule has 13 heteroatoms. The lowest BCUT2D eigenvalue weighted by Crippen LogP contribution is -2.53. The average molecular weight is 587 g/mol. The fourth-order valence-electron chi connectivity index (χ4n) is 4.81. The summed E-state index contributed by atoms with van der Waals surface area (Å²) in [5.74, 6) is 2.10. The maximum absolute atomic E-state index is 12.1. The van der Waals surface area contributed by atoms with Gasteiger partial charge in [-0.05, 0) is 30.2 Å². The van der Waals surface area contributed by atoms with Crippen molar-refractivity contribution >= 4 is 56.1 Å². The minimum absolute atomic E-state index is 0.289. The molecular formula is C27H35ClN8O3S. The van der Waals surface area contributed by atoms with Crippen LogP contribution in [0, 0.1) is 5.92 Å². The van der Waals surface area contributed by atoms with Gasteiger partial charge in [0.25, 0.3) is 0 Å². The number of ether oxygens (including phenoxy) is 1. The van der Waals surface area contributed by atoms with Gasteiger partial charge >= 0.3 is 0 Å². The molecule has 3 aromatic rings. The summed E-state index contributed by atoms with van der Waals surface area (Å²) in [6, 6.07) is 13.1. The highest BCUT2D eigenvalue weighted by molar-refractivity contribution is 7.92. The molecule has 2 saturated heterocycles. The monoisotopic (exact) mass is 586 g/mol. The molecule has 11 nitrogen and oxygen atoms in total. The number of rotatable bonds is 10. The number of nitrogens with one attached hydrogen (secondary N) is 3. The summed E-state index contributed by atoms with van der Waals surface area (Å²) in [5.41, 5.74) is 2.83. The van der Waals surface area contributed by atoms with Gasteiger partial charge in [0.1, 0.15) is 10.8 Å². The van der Waals surface area contributed by atoms with Gasteiger partial charge in [0.2, 0.25) is 16.0 Å². The SMILES string of the molecule is COc1cc(N2CCN(CC3CNC3)CC2)ccc1Nc1ncc(Cl)c(Nc2ccccc2N(C)S(C)(=O)=O)n1. The van der Waals surface area contributed by atoms with E-state index in [1.807, 2.05) is 12.1 Å². The van der Waals surface area contributed by atoms with Crippen molar-refractivity contribution in [3.05, 3.63) is 53.7 Å². The highest BCUT2D eigenvalue weighted by atomic mass is 35.5. The average Bonchev–Trinajstić information content (AvgIpc) is 2.92. The largest absolute Gasteiger partial charge is 0.494 e. The number of hydrogen-bond donors (Lipinski definition) is 3. The zero-order chi connectivity index (χ0) is 28.3. The third kappa shape index (κ3) is 6.52. The number of anilines is 6. The van der Waals surface area contributed by atoms with Gasteiger partial charge in [-0.3, -0.25) is 9.21 Å². The number of methoxy groups -OCH3 is 1. The molecule has 0 atom stereocenters. The van der Waals surface area contributed by atoms with E-state index in [9.17, 15) is 8.42 Å². The van der Waals surface area contributed by atoms with Crippen molar-refractivity contribution < 1.29 is 13.2 Å². The van der Waals surface area contributed by atoms with Crippen molar-refractivity contribution in [3.8, 4) is 5.75 Å². The molecule has 0 spiro atoms. The lowest BCUT2D eigenvalue weighted by molar-refractivity contribution is 0.184. The fourth-order valence-corrected chi connectivity index (χ4v) is 5.46. The van der Waals surface area contributed by atoms with E-state index in [1.54, 1.807) is 31.4 Å². The molecule has 2 aromatic carbocycles. The van der Waals surface area contributed by atoms with Crippen LogP contribution in [-0.2, 0) is 10.0 Å². The number of halogens is 1. The predicted molar refractivity (Wildman–Crippen MR) is 161 cm³/mol. The van der Waals surface area contributed by atoms with Crippen LogP contribution >= 0.6 is 11.6 Å². The summed E-state index contributed by atoms with van der Waals surface area (Å²) in [5, 5.41) is 10.0. The minimum atomic E-state index is -3.46. The number of para-hydroxylation sites is 2. The van der Waals surface area contributed by atoms with Crippen molar-refractivity contribution in [3.63, 3.8) is 0 Å². The Kier molecular flexibility index (Phi) is 8.50. The molecule has 2 fully saturated rings. The third-order valence-corrected chi connectivity index (χ3v) is 8.76. The minimum Gasteiger partial charge on any atom is -0.494 e. The molecule has 1 aromatic heterocycles. The summed E-state index contributed by atoms with van der Waals surface area (Å²) >= 11 is 6.40. The topological polar surface area (TPSA) is 115 Å². The number of sulfonamides is 1. The molecule has 0 aliphatic carbocycles. The molecule has 214 valence electrons. The molecule has 0 unspecified atom stereocenters. The van der Waals surface area contributed by atoms with Crippen LogP contribution in [0.1, 0.15) is 0 Å². The Morgan fingerprint density at radius 3 is 2.52 bits per heavy atom. The van der Waals surface area contributed by atoms with E-state index >= 15 is 0 Å². The van der Waals surface area contributed by atoms with Crippen LogP contribution in [0.15, 0.2) is 48.7 Å². The van der Waals surface area contributed by atoms with E-state index in [0.717, 1.165) is 57.1 Å². The molecule has 5 rings (SSSR count). The molecule has 3 N–H and O–H groups in total. The standard InChI is InChI=1S/C27H35ClN8O3S/c1-34(40(3,37)38)24-7-5-4-6-22(24)31-26-21(28)17-30-27(33-26)32-23-9-8-20(14-25(23)39-2)36-12-10-35(11-13-36)18-19-15-29-16-19/h4-9,14,17,19,29H,10-13,15-16,18H2,1-3H3,(H2,30,31,32,33). The molecule has 0 radical (unpaired) electrons. The lowest BCUT2D eigenvalue weighted by Gasteiger charge is -2.39. The predicted octanol–water partition coefficient (Wildman–Crippen LogP) is 3.36. The van der Waals surface area contributed by atoms with E-state index in [2.05, 4.69) is 41.8 Å². The Labute approximate surface area is 240 Å². The van der Waals surface area contributed by atoms with E-state index in [1.165, 1.54) is 24.1 Å². The number of aromatic nitrogens is 2. The van der Waals surface area contributed by atoms with E-state index in [4.69, 9.17) is 16.3 Å². The van der Waals surface area contributed by atoms with Gasteiger partial charge < -0.3 is 25.6 Å².